The number of aromatic nitrogens is 1. The van der Waals surface area contributed by atoms with Crippen molar-refractivity contribution in [3.8, 4) is 0 Å². The number of benzene rings is 1. The first kappa shape index (κ1) is 24.4. The van der Waals surface area contributed by atoms with E-state index in [2.05, 4.69) is 46.8 Å². The summed E-state index contributed by atoms with van der Waals surface area (Å²) in [5, 5.41) is 1.44. The van der Waals surface area contributed by atoms with Crippen LogP contribution in [0, 0.1) is 24.1 Å². The zero-order chi connectivity index (χ0) is 23.8. The summed E-state index contributed by atoms with van der Waals surface area (Å²) < 4.78 is 30.6. The van der Waals surface area contributed by atoms with Crippen LogP contribution < -0.4 is 0 Å². The van der Waals surface area contributed by atoms with Crippen LogP contribution in [-0.4, -0.2) is 4.98 Å². The summed E-state index contributed by atoms with van der Waals surface area (Å²) in [4.78, 5) is 4.73. The molecule has 0 aliphatic heterocycles. The molecule has 172 valence electrons. The van der Waals surface area contributed by atoms with E-state index in [4.69, 9.17) is 4.98 Å². The van der Waals surface area contributed by atoms with Crippen molar-refractivity contribution in [1.29, 1.82) is 0 Å². The van der Waals surface area contributed by atoms with Crippen LogP contribution in [-0.2, 0) is 5.41 Å². The van der Waals surface area contributed by atoms with Gasteiger partial charge in [0, 0.05) is 28.0 Å². The van der Waals surface area contributed by atoms with Crippen molar-refractivity contribution in [2.24, 2.45) is 11.3 Å². The standard InChI is InChI=1S/C27H31F2N.C2H6/c1-7-9-13-27(6,8-2)18-10-11-20(28)23-22(18)25-21-17(12-14-30-25)24(29)16(3)15-19(21)26(23,4)5;1-2/h9,11-15,18H,7-8,10H2,1-6H3;1-2H3. The van der Waals surface area contributed by atoms with Crippen LogP contribution in [0.15, 0.2) is 48.0 Å². The Labute approximate surface area is 192 Å². The normalized spacial score (nSPS) is 21.1. The number of hydrogen-bond acceptors (Lipinski definition) is 1. The van der Waals surface area contributed by atoms with Crippen molar-refractivity contribution < 1.29 is 8.78 Å². The van der Waals surface area contributed by atoms with Crippen molar-refractivity contribution in [2.75, 3.05) is 0 Å². The Kier molecular flexibility index (Phi) is 6.79. The summed E-state index contributed by atoms with van der Waals surface area (Å²) >= 11 is 0. The van der Waals surface area contributed by atoms with Gasteiger partial charge in [-0.2, -0.15) is 0 Å². The molecule has 1 aromatic heterocycles. The van der Waals surface area contributed by atoms with Gasteiger partial charge in [-0.05, 0) is 66.4 Å². The van der Waals surface area contributed by atoms with E-state index in [0.29, 0.717) is 17.4 Å². The summed E-state index contributed by atoms with van der Waals surface area (Å²) in [6, 6.07) is 3.64. The highest BCUT2D eigenvalue weighted by atomic mass is 19.1. The number of rotatable bonds is 4. The van der Waals surface area contributed by atoms with Crippen LogP contribution >= 0.6 is 0 Å². The predicted octanol–water partition coefficient (Wildman–Crippen LogP) is 9.01. The van der Waals surface area contributed by atoms with Crippen molar-refractivity contribution in [3.05, 3.63) is 70.6 Å². The Balaban J connectivity index is 0.00000141. The summed E-state index contributed by atoms with van der Waals surface area (Å²) in [6.45, 7) is 16.5. The lowest BCUT2D eigenvalue weighted by Crippen LogP contribution is -2.35. The molecule has 2 unspecified atom stereocenters. The molecule has 0 N–H and O–H groups in total. The van der Waals surface area contributed by atoms with Gasteiger partial charge in [-0.15, -0.1) is 0 Å². The Bertz CT molecular complexity index is 1120. The Morgan fingerprint density at radius 2 is 1.91 bits per heavy atom. The van der Waals surface area contributed by atoms with Crippen molar-refractivity contribution >= 4 is 16.3 Å². The lowest BCUT2D eigenvalue weighted by molar-refractivity contribution is 0.298. The van der Waals surface area contributed by atoms with Crippen LogP contribution in [0.4, 0.5) is 8.78 Å². The lowest BCUT2D eigenvalue weighted by Gasteiger charge is -2.45. The molecule has 0 radical (unpaired) electrons. The Hall–Kier alpha value is -2.29. The van der Waals surface area contributed by atoms with E-state index in [-0.39, 0.29) is 23.0 Å². The number of allylic oxidation sites excluding steroid dienone is 6. The molecule has 0 fully saturated rings. The molecule has 2 aliphatic carbocycles. The molecule has 1 nitrogen and oxygen atoms in total. The number of pyridine rings is 1. The van der Waals surface area contributed by atoms with Crippen molar-refractivity contribution in [2.45, 2.75) is 80.1 Å². The predicted molar refractivity (Wildman–Crippen MR) is 133 cm³/mol. The van der Waals surface area contributed by atoms with E-state index in [1.54, 1.807) is 25.3 Å². The van der Waals surface area contributed by atoms with Crippen LogP contribution in [0.25, 0.3) is 16.3 Å². The number of hydrogen-bond donors (Lipinski definition) is 0. The first-order valence-electron chi connectivity index (χ1n) is 12.0. The molecule has 2 aliphatic rings. The zero-order valence-corrected chi connectivity index (χ0v) is 20.9. The van der Waals surface area contributed by atoms with E-state index < -0.39 is 5.41 Å². The second kappa shape index (κ2) is 8.92. The van der Waals surface area contributed by atoms with Gasteiger partial charge < -0.3 is 0 Å². The molecule has 4 rings (SSSR count). The molecule has 1 aromatic carbocycles. The maximum absolute atomic E-state index is 15.5. The molecule has 2 aromatic rings. The monoisotopic (exact) mass is 437 g/mol. The SMILES string of the molecule is CC.CCC=CC(C)(CC)C1CC=C(F)C2=C1c1nccc3c(F)c(C)cc(c13)C2(C)C. The first-order chi connectivity index (χ1) is 15.2. The van der Waals surface area contributed by atoms with E-state index >= 15 is 8.78 Å². The van der Waals surface area contributed by atoms with Gasteiger partial charge in [0.1, 0.15) is 11.6 Å². The lowest BCUT2D eigenvalue weighted by atomic mass is 9.59. The van der Waals surface area contributed by atoms with E-state index in [1.165, 1.54) is 0 Å². The topological polar surface area (TPSA) is 12.9 Å². The molecule has 32 heavy (non-hydrogen) atoms. The van der Waals surface area contributed by atoms with Crippen LogP contribution in [0.3, 0.4) is 0 Å². The van der Waals surface area contributed by atoms with E-state index in [9.17, 15) is 0 Å². The highest BCUT2D eigenvalue weighted by molar-refractivity contribution is 6.01. The zero-order valence-electron chi connectivity index (χ0n) is 20.9. The van der Waals surface area contributed by atoms with Gasteiger partial charge in [0.2, 0.25) is 0 Å². The molecular formula is C29H37F2N. The highest BCUT2D eigenvalue weighted by Crippen LogP contribution is 2.57. The molecule has 1 heterocycles. The minimum atomic E-state index is -0.565. The summed E-state index contributed by atoms with van der Waals surface area (Å²) in [5.41, 5.74) is 3.30. The minimum absolute atomic E-state index is 0.0923. The second-order valence-corrected chi connectivity index (χ2v) is 9.56. The Morgan fingerprint density at radius 1 is 1.22 bits per heavy atom. The van der Waals surface area contributed by atoms with Crippen molar-refractivity contribution in [1.82, 2.24) is 4.98 Å². The van der Waals surface area contributed by atoms with Gasteiger partial charge in [0.25, 0.3) is 0 Å². The van der Waals surface area contributed by atoms with E-state index in [1.807, 2.05) is 19.9 Å². The van der Waals surface area contributed by atoms with Gasteiger partial charge in [-0.25, -0.2) is 8.78 Å². The molecule has 0 amide bonds. The number of aryl methyl sites for hydroxylation is 1. The molecule has 2 atom stereocenters. The fraction of sp³-hybridized carbons (Fsp3) is 0.483. The third-order valence-electron chi connectivity index (χ3n) is 7.40. The minimum Gasteiger partial charge on any atom is -0.256 e. The van der Waals surface area contributed by atoms with Gasteiger partial charge >= 0.3 is 0 Å². The summed E-state index contributed by atoms with van der Waals surface area (Å²) in [7, 11) is 0. The Morgan fingerprint density at radius 3 is 2.53 bits per heavy atom. The largest absolute Gasteiger partial charge is 0.256 e. The molecule has 0 spiro atoms. The quantitative estimate of drug-likeness (QED) is 0.435. The molecule has 0 saturated carbocycles. The fourth-order valence-electron chi connectivity index (χ4n) is 5.44. The summed E-state index contributed by atoms with van der Waals surface area (Å²) in [5.74, 6) is -0.268. The van der Waals surface area contributed by atoms with Gasteiger partial charge in [0.15, 0.2) is 0 Å². The van der Waals surface area contributed by atoms with E-state index in [0.717, 1.165) is 40.6 Å². The average molecular weight is 438 g/mol. The van der Waals surface area contributed by atoms with Crippen LogP contribution in [0.1, 0.15) is 84.5 Å². The number of fused-ring (bicyclic) bond motifs is 1. The third-order valence-corrected chi connectivity index (χ3v) is 7.40. The average Bonchev–Trinajstić information content (AvgIpc) is 2.79. The first-order valence-corrected chi connectivity index (χ1v) is 12.0. The van der Waals surface area contributed by atoms with Crippen molar-refractivity contribution in [3.63, 3.8) is 0 Å². The smallest absolute Gasteiger partial charge is 0.134 e. The van der Waals surface area contributed by atoms with Gasteiger partial charge in [-0.1, -0.05) is 66.7 Å². The van der Waals surface area contributed by atoms with Gasteiger partial charge in [-0.3, -0.25) is 4.98 Å². The number of nitrogens with zero attached hydrogens (tertiary/aromatic N) is 1. The molecular weight excluding hydrogens is 400 g/mol. The molecule has 3 heteroatoms. The number of halogens is 2. The second-order valence-electron chi connectivity index (χ2n) is 9.56. The van der Waals surface area contributed by atoms with Gasteiger partial charge in [0.05, 0.1) is 5.69 Å². The fourth-order valence-corrected chi connectivity index (χ4v) is 5.44. The van der Waals surface area contributed by atoms with Crippen LogP contribution in [0.5, 0.6) is 0 Å². The highest BCUT2D eigenvalue weighted by Gasteiger charge is 2.46. The molecule has 0 bridgehead atoms. The maximum Gasteiger partial charge on any atom is 0.134 e. The molecule has 0 saturated heterocycles. The third kappa shape index (κ3) is 3.54. The summed E-state index contributed by atoms with van der Waals surface area (Å²) in [6.07, 6.45) is 10.4. The van der Waals surface area contributed by atoms with Crippen LogP contribution in [0.2, 0.25) is 0 Å². The maximum atomic E-state index is 15.5.